The highest BCUT2D eigenvalue weighted by molar-refractivity contribution is 9.10. The van der Waals surface area contributed by atoms with E-state index in [1.165, 1.54) is 37.1 Å². The molecule has 2 nitrogen and oxygen atoms in total. The maximum Gasteiger partial charge on any atom is 0.0410 e. The van der Waals surface area contributed by atoms with Gasteiger partial charge in [0.25, 0.3) is 0 Å². The lowest BCUT2D eigenvalue weighted by atomic mass is 9.85. The molecule has 1 fully saturated rings. The van der Waals surface area contributed by atoms with E-state index >= 15 is 0 Å². The Hall–Kier alpha value is -0.540. The molecule has 0 unspecified atom stereocenters. The molecule has 0 atom stereocenters. The lowest BCUT2D eigenvalue weighted by molar-refractivity contribution is 0.321. The summed E-state index contributed by atoms with van der Waals surface area (Å²) in [6, 6.07) is 6.63. The van der Waals surface area contributed by atoms with Gasteiger partial charge in [-0.15, -0.1) is 0 Å². The summed E-state index contributed by atoms with van der Waals surface area (Å²) in [5, 5.41) is 3.59. The molecule has 1 aliphatic carbocycles. The molecule has 1 saturated carbocycles. The van der Waals surface area contributed by atoms with Crippen molar-refractivity contribution in [3.05, 3.63) is 28.2 Å². The van der Waals surface area contributed by atoms with E-state index < -0.39 is 0 Å². The standard InChI is InChI=1S/C17H27BrN2/c1-17(2,3)19-11-14-10-15(18)8-9-16(14)20(4)12-13-6-5-7-13/h8-10,13,19H,5-7,11-12H2,1-4H3. The first-order chi connectivity index (χ1) is 9.35. The van der Waals surface area contributed by atoms with Crippen LogP contribution in [0.15, 0.2) is 22.7 Å². The van der Waals surface area contributed by atoms with Gasteiger partial charge in [-0.05, 0) is 63.3 Å². The molecule has 3 heteroatoms. The molecule has 0 spiro atoms. The molecule has 0 radical (unpaired) electrons. The highest BCUT2D eigenvalue weighted by atomic mass is 79.9. The zero-order valence-electron chi connectivity index (χ0n) is 13.2. The number of benzene rings is 1. The van der Waals surface area contributed by atoms with Crippen LogP contribution in [0.2, 0.25) is 0 Å². The number of hydrogen-bond acceptors (Lipinski definition) is 2. The zero-order valence-corrected chi connectivity index (χ0v) is 14.8. The minimum atomic E-state index is 0.145. The van der Waals surface area contributed by atoms with E-state index in [0.29, 0.717) is 0 Å². The summed E-state index contributed by atoms with van der Waals surface area (Å²) in [6.45, 7) is 8.73. The summed E-state index contributed by atoms with van der Waals surface area (Å²) in [7, 11) is 2.22. The quantitative estimate of drug-likeness (QED) is 0.845. The summed E-state index contributed by atoms with van der Waals surface area (Å²) in [6.07, 6.45) is 4.21. The van der Waals surface area contributed by atoms with Crippen LogP contribution in [0.5, 0.6) is 0 Å². The summed E-state index contributed by atoms with van der Waals surface area (Å²) < 4.78 is 1.16. The molecule has 2 rings (SSSR count). The Morgan fingerprint density at radius 2 is 2.00 bits per heavy atom. The average molecular weight is 339 g/mol. The molecule has 1 N–H and O–H groups in total. The lowest BCUT2D eigenvalue weighted by Crippen LogP contribution is -2.36. The Morgan fingerprint density at radius 1 is 1.30 bits per heavy atom. The third-order valence-electron chi connectivity index (χ3n) is 4.02. The molecule has 0 bridgehead atoms. The number of rotatable bonds is 5. The molecule has 0 saturated heterocycles. The van der Waals surface area contributed by atoms with Gasteiger partial charge in [0, 0.05) is 35.8 Å². The van der Waals surface area contributed by atoms with Crippen LogP contribution in [0.3, 0.4) is 0 Å². The Morgan fingerprint density at radius 3 is 2.55 bits per heavy atom. The SMILES string of the molecule is CN(CC1CCC1)c1ccc(Br)cc1CNC(C)(C)C. The van der Waals surface area contributed by atoms with Gasteiger partial charge < -0.3 is 10.2 Å². The predicted octanol–water partition coefficient (Wildman–Crippen LogP) is 4.57. The van der Waals surface area contributed by atoms with Gasteiger partial charge in [0.2, 0.25) is 0 Å². The third-order valence-corrected chi connectivity index (χ3v) is 4.51. The number of halogens is 1. The molecular formula is C17H27BrN2. The highest BCUT2D eigenvalue weighted by Gasteiger charge is 2.20. The van der Waals surface area contributed by atoms with Crippen LogP contribution >= 0.6 is 15.9 Å². The number of anilines is 1. The normalized spacial score (nSPS) is 16.1. The molecule has 0 aromatic heterocycles. The number of nitrogens with zero attached hydrogens (tertiary/aromatic N) is 1. The Labute approximate surface area is 132 Å². The van der Waals surface area contributed by atoms with Crippen LogP contribution in [0, 0.1) is 5.92 Å². The molecule has 20 heavy (non-hydrogen) atoms. The molecular weight excluding hydrogens is 312 g/mol. The molecule has 0 amide bonds. The first kappa shape index (κ1) is 15.8. The fraction of sp³-hybridized carbons (Fsp3) is 0.647. The van der Waals surface area contributed by atoms with Crippen LogP contribution in [0.25, 0.3) is 0 Å². The molecule has 1 aromatic carbocycles. The topological polar surface area (TPSA) is 15.3 Å². The molecule has 0 heterocycles. The number of hydrogen-bond donors (Lipinski definition) is 1. The van der Waals surface area contributed by atoms with E-state index in [1.54, 1.807) is 0 Å². The van der Waals surface area contributed by atoms with Gasteiger partial charge in [-0.1, -0.05) is 22.4 Å². The third kappa shape index (κ3) is 4.49. The van der Waals surface area contributed by atoms with Crippen molar-refractivity contribution in [1.82, 2.24) is 5.32 Å². The van der Waals surface area contributed by atoms with Gasteiger partial charge in [-0.3, -0.25) is 0 Å². The van der Waals surface area contributed by atoms with Crippen molar-refractivity contribution in [3.63, 3.8) is 0 Å². The van der Waals surface area contributed by atoms with E-state index in [2.05, 4.69) is 72.2 Å². The van der Waals surface area contributed by atoms with Crippen LogP contribution in [0.4, 0.5) is 5.69 Å². The van der Waals surface area contributed by atoms with E-state index in [4.69, 9.17) is 0 Å². The van der Waals surface area contributed by atoms with Gasteiger partial charge >= 0.3 is 0 Å². The number of nitrogens with one attached hydrogen (secondary N) is 1. The zero-order chi connectivity index (χ0) is 14.8. The highest BCUT2D eigenvalue weighted by Crippen LogP contribution is 2.30. The van der Waals surface area contributed by atoms with Gasteiger partial charge in [-0.25, -0.2) is 0 Å². The monoisotopic (exact) mass is 338 g/mol. The van der Waals surface area contributed by atoms with Crippen molar-refractivity contribution in [1.29, 1.82) is 0 Å². The fourth-order valence-corrected chi connectivity index (χ4v) is 3.00. The van der Waals surface area contributed by atoms with E-state index in [-0.39, 0.29) is 5.54 Å². The summed E-state index contributed by atoms with van der Waals surface area (Å²) >= 11 is 3.60. The first-order valence-corrected chi connectivity index (χ1v) is 8.39. The van der Waals surface area contributed by atoms with E-state index in [1.807, 2.05) is 0 Å². The molecule has 0 aliphatic heterocycles. The van der Waals surface area contributed by atoms with E-state index in [9.17, 15) is 0 Å². The van der Waals surface area contributed by atoms with Crippen molar-refractivity contribution in [3.8, 4) is 0 Å². The predicted molar refractivity (Wildman–Crippen MR) is 91.3 cm³/mol. The second-order valence-electron chi connectivity index (χ2n) is 7.05. The Balaban J connectivity index is 2.09. The summed E-state index contributed by atoms with van der Waals surface area (Å²) in [5.74, 6) is 0.895. The average Bonchev–Trinajstić information content (AvgIpc) is 2.30. The van der Waals surface area contributed by atoms with Crippen LogP contribution in [0.1, 0.15) is 45.6 Å². The van der Waals surface area contributed by atoms with Crippen LogP contribution in [-0.4, -0.2) is 19.1 Å². The van der Waals surface area contributed by atoms with Gasteiger partial charge in [0.15, 0.2) is 0 Å². The van der Waals surface area contributed by atoms with Crippen molar-refractivity contribution >= 4 is 21.6 Å². The van der Waals surface area contributed by atoms with Crippen molar-refractivity contribution < 1.29 is 0 Å². The molecule has 1 aliphatic rings. The minimum absolute atomic E-state index is 0.145. The lowest BCUT2D eigenvalue weighted by Gasteiger charge is -2.33. The Kier molecular flexibility index (Phi) is 5.14. The van der Waals surface area contributed by atoms with Crippen molar-refractivity contribution in [2.45, 2.75) is 52.1 Å². The first-order valence-electron chi connectivity index (χ1n) is 7.60. The smallest absolute Gasteiger partial charge is 0.0410 e. The maximum atomic E-state index is 3.60. The van der Waals surface area contributed by atoms with Gasteiger partial charge in [0.1, 0.15) is 0 Å². The summed E-state index contributed by atoms with van der Waals surface area (Å²) in [4.78, 5) is 2.43. The van der Waals surface area contributed by atoms with Crippen molar-refractivity contribution in [2.75, 3.05) is 18.5 Å². The van der Waals surface area contributed by atoms with Crippen LogP contribution < -0.4 is 10.2 Å². The fourth-order valence-electron chi connectivity index (χ4n) is 2.59. The maximum absolute atomic E-state index is 3.60. The van der Waals surface area contributed by atoms with Gasteiger partial charge in [-0.2, -0.15) is 0 Å². The van der Waals surface area contributed by atoms with E-state index in [0.717, 1.165) is 16.9 Å². The summed E-state index contributed by atoms with van der Waals surface area (Å²) in [5.41, 5.74) is 2.87. The second-order valence-corrected chi connectivity index (χ2v) is 7.97. The van der Waals surface area contributed by atoms with Gasteiger partial charge in [0.05, 0.1) is 0 Å². The van der Waals surface area contributed by atoms with Crippen molar-refractivity contribution in [2.24, 2.45) is 5.92 Å². The molecule has 1 aromatic rings. The second kappa shape index (κ2) is 6.48. The Bertz CT molecular complexity index is 447. The largest absolute Gasteiger partial charge is 0.374 e. The van der Waals surface area contributed by atoms with Crippen LogP contribution in [-0.2, 0) is 6.54 Å². The minimum Gasteiger partial charge on any atom is -0.374 e. The molecule has 112 valence electrons.